The summed E-state index contributed by atoms with van der Waals surface area (Å²) < 4.78 is 0. The van der Waals surface area contributed by atoms with Crippen LogP contribution in [0.3, 0.4) is 0 Å². The minimum Gasteiger partial charge on any atom is -0.192 e. The number of rotatable bonds is 3. The summed E-state index contributed by atoms with van der Waals surface area (Å²) in [6, 6.07) is 10.4. The lowest BCUT2D eigenvalue weighted by Gasteiger charge is -2.25. The number of hydrogen-bond acceptors (Lipinski definition) is 1. The maximum absolute atomic E-state index is 9.39. The van der Waals surface area contributed by atoms with Crippen molar-refractivity contribution in [2.75, 3.05) is 0 Å². The van der Waals surface area contributed by atoms with E-state index in [1.165, 1.54) is 28.7 Å². The van der Waals surface area contributed by atoms with Gasteiger partial charge >= 0.3 is 0 Å². The van der Waals surface area contributed by atoms with Crippen molar-refractivity contribution in [3.63, 3.8) is 0 Å². The lowest BCUT2D eigenvalue weighted by Crippen LogP contribution is -2.07. The normalized spacial score (nSPS) is 24.1. The molecule has 2 aliphatic carbocycles. The first-order valence-electron chi connectivity index (χ1n) is 10.1. The highest BCUT2D eigenvalue weighted by atomic mass is 14.3. The van der Waals surface area contributed by atoms with Crippen molar-refractivity contribution in [1.82, 2.24) is 0 Å². The molecule has 0 heterocycles. The van der Waals surface area contributed by atoms with E-state index in [-0.39, 0.29) is 5.92 Å². The first-order valence-corrected chi connectivity index (χ1v) is 10.1. The highest BCUT2D eigenvalue weighted by molar-refractivity contribution is 5.79. The van der Waals surface area contributed by atoms with Crippen molar-refractivity contribution in [3.05, 3.63) is 88.6 Å². The second-order valence-electron chi connectivity index (χ2n) is 7.61. The van der Waals surface area contributed by atoms with E-state index in [1.807, 2.05) is 18.2 Å². The minimum atomic E-state index is 0.285. The Bertz CT molecular complexity index is 883. The topological polar surface area (TPSA) is 23.8 Å². The summed E-state index contributed by atoms with van der Waals surface area (Å²) in [5, 5.41) is 9.39. The third kappa shape index (κ3) is 4.40. The molecule has 0 saturated carbocycles. The molecule has 0 spiro atoms. The maximum atomic E-state index is 9.39. The third-order valence-corrected chi connectivity index (χ3v) is 5.70. The van der Waals surface area contributed by atoms with Gasteiger partial charge in [-0.2, -0.15) is 5.26 Å². The van der Waals surface area contributed by atoms with Crippen LogP contribution in [0.2, 0.25) is 0 Å². The fraction of sp³-hybridized carbons (Fsp3) is 0.346. The molecular weight excluding hydrogens is 326 g/mol. The number of hydrogen-bond donors (Lipinski definition) is 0. The molecule has 0 aromatic heterocycles. The molecule has 3 rings (SSSR count). The molecule has 0 aliphatic heterocycles. The zero-order chi connectivity index (χ0) is 19.2. The van der Waals surface area contributed by atoms with Gasteiger partial charge in [-0.1, -0.05) is 62.4 Å². The first kappa shape index (κ1) is 19.2. The molecule has 0 N–H and O–H groups in total. The van der Waals surface area contributed by atoms with Crippen molar-refractivity contribution in [3.8, 4) is 6.07 Å². The van der Waals surface area contributed by atoms with E-state index in [0.717, 1.165) is 30.4 Å². The van der Waals surface area contributed by atoms with Crippen LogP contribution in [0.15, 0.2) is 77.4 Å². The molecule has 0 saturated heterocycles. The van der Waals surface area contributed by atoms with Crippen molar-refractivity contribution < 1.29 is 0 Å². The summed E-state index contributed by atoms with van der Waals surface area (Å²) in [5.41, 5.74) is 7.35. The molecule has 27 heavy (non-hydrogen) atoms. The first-order chi connectivity index (χ1) is 13.1. The SMILES string of the molecule is C/C=C1/CCC=C/C1=C(\c1cccc(C#N)c1)[C@H](C)C1=CCC[C@@H](C)C=C1. The molecule has 1 aromatic carbocycles. The summed E-state index contributed by atoms with van der Waals surface area (Å²) in [6.45, 7) is 6.73. The van der Waals surface area contributed by atoms with E-state index in [4.69, 9.17) is 0 Å². The fourth-order valence-electron chi connectivity index (χ4n) is 4.08. The zero-order valence-electron chi connectivity index (χ0n) is 16.7. The van der Waals surface area contributed by atoms with Crippen LogP contribution in [0.25, 0.3) is 5.57 Å². The number of benzene rings is 1. The van der Waals surface area contributed by atoms with Gasteiger partial charge < -0.3 is 0 Å². The molecule has 0 fully saturated rings. The van der Waals surface area contributed by atoms with Crippen molar-refractivity contribution in [2.24, 2.45) is 11.8 Å². The maximum Gasteiger partial charge on any atom is 0.0991 e. The van der Waals surface area contributed by atoms with E-state index in [0.29, 0.717) is 5.92 Å². The Morgan fingerprint density at radius 2 is 2.11 bits per heavy atom. The van der Waals surface area contributed by atoms with Crippen molar-refractivity contribution in [2.45, 2.75) is 46.5 Å². The van der Waals surface area contributed by atoms with Gasteiger partial charge in [0.05, 0.1) is 11.6 Å². The molecular formula is C26H29N. The zero-order valence-corrected chi connectivity index (χ0v) is 16.7. The average Bonchev–Trinajstić information content (AvgIpc) is 2.93. The Hall–Kier alpha value is -2.59. The Morgan fingerprint density at radius 3 is 2.89 bits per heavy atom. The van der Waals surface area contributed by atoms with Gasteiger partial charge in [-0.05, 0) is 78.5 Å². The second-order valence-corrected chi connectivity index (χ2v) is 7.61. The summed E-state index contributed by atoms with van der Waals surface area (Å²) in [5.74, 6) is 0.915. The van der Waals surface area contributed by atoms with Crippen LogP contribution >= 0.6 is 0 Å². The highest BCUT2D eigenvalue weighted by Crippen LogP contribution is 2.39. The van der Waals surface area contributed by atoms with Gasteiger partial charge in [0.15, 0.2) is 0 Å². The van der Waals surface area contributed by atoms with E-state index in [1.54, 1.807) is 0 Å². The van der Waals surface area contributed by atoms with Crippen LogP contribution in [-0.2, 0) is 0 Å². The van der Waals surface area contributed by atoms with E-state index in [2.05, 4.69) is 69.4 Å². The van der Waals surface area contributed by atoms with Gasteiger partial charge in [-0.3, -0.25) is 0 Å². The highest BCUT2D eigenvalue weighted by Gasteiger charge is 2.22. The molecule has 0 amide bonds. The van der Waals surface area contributed by atoms with Crippen LogP contribution in [-0.4, -0.2) is 0 Å². The number of nitriles is 1. The smallest absolute Gasteiger partial charge is 0.0991 e. The predicted octanol–water partition coefficient (Wildman–Crippen LogP) is 7.16. The van der Waals surface area contributed by atoms with Crippen LogP contribution in [0.4, 0.5) is 0 Å². The predicted molar refractivity (Wildman–Crippen MR) is 115 cm³/mol. The van der Waals surface area contributed by atoms with Crippen LogP contribution in [0.1, 0.15) is 57.6 Å². The molecule has 1 aromatic rings. The molecule has 1 nitrogen and oxygen atoms in total. The van der Waals surface area contributed by atoms with Crippen molar-refractivity contribution >= 4 is 5.57 Å². The quantitative estimate of drug-likeness (QED) is 0.564. The summed E-state index contributed by atoms with van der Waals surface area (Å²) >= 11 is 0. The Morgan fingerprint density at radius 1 is 1.26 bits per heavy atom. The van der Waals surface area contributed by atoms with E-state index < -0.39 is 0 Å². The third-order valence-electron chi connectivity index (χ3n) is 5.70. The monoisotopic (exact) mass is 355 g/mol. The lowest BCUT2D eigenvalue weighted by molar-refractivity contribution is 0.662. The standard InChI is InChI=1S/C26H29N/c1-4-22-11-5-6-14-25(22)26(24-13-8-10-21(17-24)18-27)20(3)23-12-7-9-19(2)15-16-23/h4,6,8,10,12-17,19-20H,5,7,9,11H2,1-3H3/b22-4-,26-25+/t19-,20-/m1/s1. The number of nitrogens with zero attached hydrogens (tertiary/aromatic N) is 1. The van der Waals surface area contributed by atoms with Gasteiger partial charge in [0.2, 0.25) is 0 Å². The van der Waals surface area contributed by atoms with Crippen molar-refractivity contribution in [1.29, 1.82) is 5.26 Å². The molecule has 0 radical (unpaired) electrons. The average molecular weight is 356 g/mol. The molecule has 0 unspecified atom stereocenters. The van der Waals surface area contributed by atoms with Gasteiger partial charge in [-0.25, -0.2) is 0 Å². The summed E-state index contributed by atoms with van der Waals surface area (Å²) in [6.07, 6.45) is 18.4. The Labute approximate surface area is 164 Å². The van der Waals surface area contributed by atoms with E-state index >= 15 is 0 Å². The Balaban J connectivity index is 2.17. The van der Waals surface area contributed by atoms with Crippen LogP contribution < -0.4 is 0 Å². The summed E-state index contributed by atoms with van der Waals surface area (Å²) in [7, 11) is 0. The molecule has 2 atom stereocenters. The van der Waals surface area contributed by atoms with Crippen LogP contribution in [0, 0.1) is 23.2 Å². The van der Waals surface area contributed by atoms with Gasteiger partial charge in [0, 0.05) is 5.92 Å². The summed E-state index contributed by atoms with van der Waals surface area (Å²) in [4.78, 5) is 0. The molecule has 138 valence electrons. The van der Waals surface area contributed by atoms with E-state index in [9.17, 15) is 5.26 Å². The lowest BCUT2D eigenvalue weighted by atomic mass is 9.79. The molecule has 2 aliphatic rings. The van der Waals surface area contributed by atoms with Crippen LogP contribution in [0.5, 0.6) is 0 Å². The fourth-order valence-corrected chi connectivity index (χ4v) is 4.08. The molecule has 0 bridgehead atoms. The van der Waals surface area contributed by atoms with Gasteiger partial charge in [0.25, 0.3) is 0 Å². The molecule has 1 heteroatoms. The largest absolute Gasteiger partial charge is 0.192 e. The second kappa shape index (κ2) is 8.87. The van der Waals surface area contributed by atoms with Gasteiger partial charge in [0.1, 0.15) is 0 Å². The van der Waals surface area contributed by atoms with Gasteiger partial charge in [-0.15, -0.1) is 0 Å². The number of allylic oxidation sites excluding steroid dienone is 10. The minimum absolute atomic E-state index is 0.285. The Kier molecular flexibility index (Phi) is 6.30.